The topological polar surface area (TPSA) is 61.4 Å². The summed E-state index contributed by atoms with van der Waals surface area (Å²) in [4.78, 5) is 25.9. The van der Waals surface area contributed by atoms with Crippen molar-refractivity contribution in [1.29, 1.82) is 0 Å². The van der Waals surface area contributed by atoms with Gasteiger partial charge in [0.05, 0.1) is 6.54 Å². The molecule has 1 aliphatic rings. The lowest BCUT2D eigenvalue weighted by Crippen LogP contribution is -2.42. The van der Waals surface area contributed by atoms with Crippen molar-refractivity contribution in [2.75, 3.05) is 32.7 Å². The van der Waals surface area contributed by atoms with E-state index in [1.165, 1.54) is 19.3 Å². The molecule has 2 amide bonds. The zero-order valence-electron chi connectivity index (χ0n) is 13.2. The SMILES string of the molecule is Cc1ccc(C(=O)NCCNC(=O)CN2CCCCC2)cc1. The molecule has 5 nitrogen and oxygen atoms in total. The van der Waals surface area contributed by atoms with E-state index < -0.39 is 0 Å². The Labute approximate surface area is 132 Å². The molecule has 0 spiro atoms. The molecule has 1 aliphatic heterocycles. The Morgan fingerprint density at radius 3 is 2.32 bits per heavy atom. The summed E-state index contributed by atoms with van der Waals surface area (Å²) in [5.41, 5.74) is 1.77. The van der Waals surface area contributed by atoms with E-state index in [0.29, 0.717) is 25.2 Å². The van der Waals surface area contributed by atoms with E-state index in [4.69, 9.17) is 0 Å². The molecule has 1 heterocycles. The van der Waals surface area contributed by atoms with Crippen LogP contribution in [0.2, 0.25) is 0 Å². The van der Waals surface area contributed by atoms with Gasteiger partial charge in [-0.3, -0.25) is 14.5 Å². The highest BCUT2D eigenvalue weighted by atomic mass is 16.2. The van der Waals surface area contributed by atoms with Crippen molar-refractivity contribution >= 4 is 11.8 Å². The van der Waals surface area contributed by atoms with Gasteiger partial charge < -0.3 is 10.6 Å². The third kappa shape index (κ3) is 5.48. The Morgan fingerprint density at radius 2 is 1.64 bits per heavy atom. The Kier molecular flexibility index (Phi) is 6.40. The van der Waals surface area contributed by atoms with Crippen molar-refractivity contribution < 1.29 is 9.59 Å². The Hall–Kier alpha value is -1.88. The summed E-state index contributed by atoms with van der Waals surface area (Å²) in [6.45, 7) is 5.38. The fourth-order valence-corrected chi connectivity index (χ4v) is 2.56. The maximum Gasteiger partial charge on any atom is 0.251 e. The van der Waals surface area contributed by atoms with Crippen molar-refractivity contribution in [3.05, 3.63) is 35.4 Å². The second-order valence-corrected chi connectivity index (χ2v) is 5.81. The Balaban J connectivity index is 1.61. The van der Waals surface area contributed by atoms with Gasteiger partial charge in [0.1, 0.15) is 0 Å². The number of rotatable bonds is 6. The zero-order valence-corrected chi connectivity index (χ0v) is 13.2. The molecular formula is C17H25N3O2. The van der Waals surface area contributed by atoms with Crippen LogP contribution in [0.3, 0.4) is 0 Å². The number of hydrogen-bond acceptors (Lipinski definition) is 3. The van der Waals surface area contributed by atoms with Gasteiger partial charge in [0.15, 0.2) is 0 Å². The summed E-state index contributed by atoms with van der Waals surface area (Å²) in [5, 5.41) is 5.66. The molecule has 1 fully saturated rings. The number of amides is 2. The average Bonchev–Trinajstić information content (AvgIpc) is 2.53. The number of carbonyl (C=O) groups is 2. The third-order valence-corrected chi connectivity index (χ3v) is 3.86. The number of aryl methyl sites for hydroxylation is 1. The lowest BCUT2D eigenvalue weighted by molar-refractivity contribution is -0.122. The smallest absolute Gasteiger partial charge is 0.251 e. The Bertz CT molecular complexity index is 493. The van der Waals surface area contributed by atoms with Crippen LogP contribution in [0.1, 0.15) is 35.2 Å². The number of likely N-dealkylation sites (tertiary alicyclic amines) is 1. The summed E-state index contributed by atoms with van der Waals surface area (Å²) >= 11 is 0. The molecule has 1 aromatic rings. The molecule has 2 N–H and O–H groups in total. The average molecular weight is 303 g/mol. The number of carbonyl (C=O) groups excluding carboxylic acids is 2. The second kappa shape index (κ2) is 8.54. The fraction of sp³-hybridized carbons (Fsp3) is 0.529. The first-order valence-electron chi connectivity index (χ1n) is 7.99. The lowest BCUT2D eigenvalue weighted by atomic mass is 10.1. The van der Waals surface area contributed by atoms with E-state index in [9.17, 15) is 9.59 Å². The van der Waals surface area contributed by atoms with Crippen LogP contribution in [0.25, 0.3) is 0 Å². The molecule has 0 atom stereocenters. The Morgan fingerprint density at radius 1 is 1.00 bits per heavy atom. The summed E-state index contributed by atoms with van der Waals surface area (Å²) < 4.78 is 0. The molecule has 22 heavy (non-hydrogen) atoms. The number of nitrogens with one attached hydrogen (secondary N) is 2. The first-order valence-corrected chi connectivity index (χ1v) is 7.99. The van der Waals surface area contributed by atoms with Crippen LogP contribution in [0.5, 0.6) is 0 Å². The number of nitrogens with zero attached hydrogens (tertiary/aromatic N) is 1. The molecule has 5 heteroatoms. The maximum absolute atomic E-state index is 11.9. The van der Waals surface area contributed by atoms with Gasteiger partial charge in [0, 0.05) is 18.7 Å². The molecule has 0 saturated carbocycles. The van der Waals surface area contributed by atoms with Gasteiger partial charge in [-0.1, -0.05) is 24.1 Å². The minimum Gasteiger partial charge on any atom is -0.353 e. The molecular weight excluding hydrogens is 278 g/mol. The van der Waals surface area contributed by atoms with E-state index in [-0.39, 0.29) is 11.8 Å². The normalized spacial score (nSPS) is 15.3. The minimum absolute atomic E-state index is 0.0338. The molecule has 0 bridgehead atoms. The highest BCUT2D eigenvalue weighted by Gasteiger charge is 2.13. The lowest BCUT2D eigenvalue weighted by Gasteiger charge is -2.25. The highest BCUT2D eigenvalue weighted by Crippen LogP contribution is 2.07. The van der Waals surface area contributed by atoms with Gasteiger partial charge in [-0.2, -0.15) is 0 Å². The number of benzene rings is 1. The molecule has 2 rings (SSSR count). The van der Waals surface area contributed by atoms with Crippen LogP contribution >= 0.6 is 0 Å². The van der Waals surface area contributed by atoms with Crippen molar-refractivity contribution in [2.24, 2.45) is 0 Å². The van der Waals surface area contributed by atoms with Crippen LogP contribution in [-0.2, 0) is 4.79 Å². The standard InChI is InChI=1S/C17H25N3O2/c1-14-5-7-15(8-6-14)17(22)19-10-9-18-16(21)13-20-11-3-2-4-12-20/h5-8H,2-4,9-13H2,1H3,(H,18,21)(H,19,22). The second-order valence-electron chi connectivity index (χ2n) is 5.81. The molecule has 0 aliphatic carbocycles. The predicted octanol–water partition coefficient (Wildman–Crippen LogP) is 1.33. The summed E-state index contributed by atoms with van der Waals surface area (Å²) in [6, 6.07) is 7.43. The third-order valence-electron chi connectivity index (χ3n) is 3.86. The molecule has 1 aromatic carbocycles. The van der Waals surface area contributed by atoms with E-state index in [2.05, 4.69) is 15.5 Å². The fourth-order valence-electron chi connectivity index (χ4n) is 2.56. The van der Waals surface area contributed by atoms with Gasteiger partial charge >= 0.3 is 0 Å². The van der Waals surface area contributed by atoms with E-state index >= 15 is 0 Å². The molecule has 1 saturated heterocycles. The largest absolute Gasteiger partial charge is 0.353 e. The molecule has 0 unspecified atom stereocenters. The van der Waals surface area contributed by atoms with Crippen LogP contribution < -0.4 is 10.6 Å². The van der Waals surface area contributed by atoms with Crippen molar-refractivity contribution in [3.8, 4) is 0 Å². The van der Waals surface area contributed by atoms with E-state index in [1.54, 1.807) is 12.1 Å². The van der Waals surface area contributed by atoms with Gasteiger partial charge in [-0.15, -0.1) is 0 Å². The van der Waals surface area contributed by atoms with Crippen LogP contribution in [0.4, 0.5) is 0 Å². The molecule has 0 aromatic heterocycles. The number of hydrogen-bond donors (Lipinski definition) is 2. The van der Waals surface area contributed by atoms with Crippen molar-refractivity contribution in [2.45, 2.75) is 26.2 Å². The van der Waals surface area contributed by atoms with Crippen LogP contribution in [-0.4, -0.2) is 49.4 Å². The van der Waals surface area contributed by atoms with Gasteiger partial charge in [0.2, 0.25) is 5.91 Å². The molecule has 120 valence electrons. The summed E-state index contributed by atoms with van der Waals surface area (Å²) in [7, 11) is 0. The number of piperidine rings is 1. The first kappa shape index (κ1) is 16.5. The zero-order chi connectivity index (χ0) is 15.8. The maximum atomic E-state index is 11.9. The van der Waals surface area contributed by atoms with Gasteiger partial charge in [-0.25, -0.2) is 0 Å². The summed E-state index contributed by atoms with van der Waals surface area (Å²) in [6.07, 6.45) is 3.63. The van der Waals surface area contributed by atoms with Gasteiger partial charge in [0.25, 0.3) is 5.91 Å². The first-order chi connectivity index (χ1) is 10.6. The quantitative estimate of drug-likeness (QED) is 0.779. The monoisotopic (exact) mass is 303 g/mol. The molecule has 0 radical (unpaired) electrons. The van der Waals surface area contributed by atoms with Gasteiger partial charge in [-0.05, 0) is 45.0 Å². The van der Waals surface area contributed by atoms with E-state index in [1.807, 2.05) is 19.1 Å². The predicted molar refractivity (Wildman–Crippen MR) is 86.8 cm³/mol. The van der Waals surface area contributed by atoms with Crippen LogP contribution in [0, 0.1) is 6.92 Å². The summed E-state index contributed by atoms with van der Waals surface area (Å²) in [5.74, 6) is -0.0724. The van der Waals surface area contributed by atoms with E-state index in [0.717, 1.165) is 18.7 Å². The van der Waals surface area contributed by atoms with Crippen molar-refractivity contribution in [3.63, 3.8) is 0 Å². The van der Waals surface area contributed by atoms with Crippen molar-refractivity contribution in [1.82, 2.24) is 15.5 Å². The minimum atomic E-state index is -0.106. The highest BCUT2D eigenvalue weighted by molar-refractivity contribution is 5.94. The van der Waals surface area contributed by atoms with Crippen LogP contribution in [0.15, 0.2) is 24.3 Å².